The lowest BCUT2D eigenvalue weighted by Crippen LogP contribution is -2.10. The molecule has 10 heteroatoms. The molecule has 0 spiro atoms. The average molecular weight is 500 g/mol. The number of fused-ring (bicyclic) bond motifs is 4. The van der Waals surface area contributed by atoms with Crippen LogP contribution >= 0.6 is 0 Å². The third kappa shape index (κ3) is 3.51. The van der Waals surface area contributed by atoms with E-state index >= 15 is 0 Å². The largest absolute Gasteiger partial charge is 0.453 e. The molecule has 9 N–H and O–H groups in total. The Hall–Kier alpha value is -5.64. The maximum Gasteiger partial charge on any atom is 0.151 e. The molecule has 0 aliphatic carbocycles. The van der Waals surface area contributed by atoms with Gasteiger partial charge in [-0.3, -0.25) is 10.8 Å². The van der Waals surface area contributed by atoms with Gasteiger partial charge in [0.2, 0.25) is 0 Å². The van der Waals surface area contributed by atoms with E-state index in [0.717, 1.165) is 44.6 Å². The van der Waals surface area contributed by atoms with E-state index < -0.39 is 0 Å². The molecule has 38 heavy (non-hydrogen) atoms. The molecule has 3 heterocycles. The lowest BCUT2D eigenvalue weighted by atomic mass is 10.1. The van der Waals surface area contributed by atoms with Crippen molar-refractivity contribution in [3.05, 3.63) is 83.9 Å². The number of nitrogens with two attached hydrogens (primary N) is 2. The van der Waals surface area contributed by atoms with Gasteiger partial charge in [-0.2, -0.15) is 0 Å². The number of benzene rings is 4. The van der Waals surface area contributed by atoms with Crippen molar-refractivity contribution in [2.45, 2.75) is 0 Å². The van der Waals surface area contributed by atoms with Crippen molar-refractivity contribution in [2.24, 2.45) is 11.5 Å². The van der Waals surface area contributed by atoms with Crippen molar-refractivity contribution in [1.82, 2.24) is 19.9 Å². The van der Waals surface area contributed by atoms with Gasteiger partial charge in [0.15, 0.2) is 11.5 Å². The molecule has 2 aromatic heterocycles. The zero-order valence-electron chi connectivity index (χ0n) is 19.9. The first-order chi connectivity index (χ1) is 18.4. The minimum atomic E-state index is 0.00574. The Bertz CT molecular complexity index is 1810. The van der Waals surface area contributed by atoms with Crippen molar-refractivity contribution in [2.75, 3.05) is 5.32 Å². The molecule has 184 valence electrons. The summed E-state index contributed by atoms with van der Waals surface area (Å²) in [5.41, 5.74) is 19.1. The zero-order chi connectivity index (χ0) is 26.0. The summed E-state index contributed by atoms with van der Waals surface area (Å²) in [5, 5.41) is 18.8. The molecular formula is C28H21N9O. The molecule has 6 aromatic rings. The molecule has 0 unspecified atom stereocenters. The Kier molecular flexibility index (Phi) is 4.52. The SMILES string of the molecule is N=C(N)c1ccc2[nH]c(-c3ccc4c(c3)Oc3cc(-c5nc6cc(C(=N)N)ccc6[nH]5)ccc3N4)nc2c1. The van der Waals surface area contributed by atoms with Crippen LogP contribution < -0.4 is 21.5 Å². The molecule has 4 aromatic carbocycles. The first kappa shape index (κ1) is 21.6. The molecule has 0 atom stereocenters. The molecular weight excluding hydrogens is 478 g/mol. The van der Waals surface area contributed by atoms with Crippen LogP contribution in [0.25, 0.3) is 44.8 Å². The molecule has 0 fully saturated rings. The van der Waals surface area contributed by atoms with E-state index in [9.17, 15) is 0 Å². The van der Waals surface area contributed by atoms with Gasteiger partial charge in [-0.1, -0.05) is 0 Å². The number of anilines is 2. The highest BCUT2D eigenvalue weighted by molar-refractivity contribution is 5.99. The number of nitrogens with one attached hydrogen (secondary N) is 5. The smallest absolute Gasteiger partial charge is 0.151 e. The fourth-order valence-corrected chi connectivity index (χ4v) is 4.60. The number of nitrogen functional groups attached to an aromatic ring is 2. The third-order valence-electron chi connectivity index (χ3n) is 6.59. The quantitative estimate of drug-likeness (QED) is 0.129. The summed E-state index contributed by atoms with van der Waals surface area (Å²) in [6.45, 7) is 0. The maximum absolute atomic E-state index is 7.67. The number of amidine groups is 2. The Morgan fingerprint density at radius 3 is 1.55 bits per heavy atom. The molecule has 0 amide bonds. The van der Waals surface area contributed by atoms with Crippen molar-refractivity contribution in [3.63, 3.8) is 0 Å². The van der Waals surface area contributed by atoms with Crippen LogP contribution in [-0.2, 0) is 0 Å². The second-order valence-electron chi connectivity index (χ2n) is 9.11. The predicted molar refractivity (Wildman–Crippen MR) is 148 cm³/mol. The van der Waals surface area contributed by atoms with Crippen LogP contribution in [0.5, 0.6) is 11.5 Å². The Morgan fingerprint density at radius 1 is 0.632 bits per heavy atom. The fraction of sp³-hybridized carbons (Fsp3) is 0. The van der Waals surface area contributed by atoms with E-state index in [0.29, 0.717) is 34.3 Å². The van der Waals surface area contributed by atoms with Gasteiger partial charge in [0.25, 0.3) is 0 Å². The fourth-order valence-electron chi connectivity index (χ4n) is 4.60. The molecule has 0 saturated carbocycles. The van der Waals surface area contributed by atoms with Gasteiger partial charge in [-0.25, -0.2) is 9.97 Å². The van der Waals surface area contributed by atoms with Gasteiger partial charge in [-0.15, -0.1) is 0 Å². The molecule has 0 radical (unpaired) electrons. The number of hydrogen-bond donors (Lipinski definition) is 7. The van der Waals surface area contributed by atoms with E-state index in [1.807, 2.05) is 48.5 Å². The lowest BCUT2D eigenvalue weighted by Gasteiger charge is -2.22. The van der Waals surface area contributed by atoms with Gasteiger partial charge >= 0.3 is 0 Å². The van der Waals surface area contributed by atoms with Gasteiger partial charge in [0.1, 0.15) is 23.3 Å². The van der Waals surface area contributed by atoms with E-state index in [4.69, 9.17) is 37.0 Å². The van der Waals surface area contributed by atoms with E-state index in [1.165, 1.54) is 0 Å². The zero-order valence-corrected chi connectivity index (χ0v) is 19.9. The number of aromatic amines is 2. The summed E-state index contributed by atoms with van der Waals surface area (Å²) < 4.78 is 6.32. The summed E-state index contributed by atoms with van der Waals surface area (Å²) in [4.78, 5) is 16.0. The van der Waals surface area contributed by atoms with Crippen LogP contribution in [0.2, 0.25) is 0 Å². The van der Waals surface area contributed by atoms with Gasteiger partial charge in [0, 0.05) is 22.3 Å². The molecule has 1 aliphatic rings. The van der Waals surface area contributed by atoms with Gasteiger partial charge < -0.3 is 31.5 Å². The maximum atomic E-state index is 7.67. The number of rotatable bonds is 4. The Morgan fingerprint density at radius 2 is 1.11 bits per heavy atom. The van der Waals surface area contributed by atoms with Crippen molar-refractivity contribution >= 4 is 45.1 Å². The molecule has 7 rings (SSSR count). The summed E-state index contributed by atoms with van der Waals surface area (Å²) in [6.07, 6.45) is 0. The summed E-state index contributed by atoms with van der Waals surface area (Å²) >= 11 is 0. The first-order valence-electron chi connectivity index (χ1n) is 11.8. The second-order valence-corrected chi connectivity index (χ2v) is 9.11. The highest BCUT2D eigenvalue weighted by atomic mass is 16.5. The number of H-pyrrole nitrogens is 2. The predicted octanol–water partition coefficient (Wildman–Crippen LogP) is 5.19. The highest BCUT2D eigenvalue weighted by Gasteiger charge is 2.20. The summed E-state index contributed by atoms with van der Waals surface area (Å²) in [6, 6.07) is 22.7. The second kappa shape index (κ2) is 7.93. The van der Waals surface area contributed by atoms with Crippen LogP contribution in [-0.4, -0.2) is 31.6 Å². The normalized spacial score (nSPS) is 12.0. The Labute approximate surface area is 215 Å². The van der Waals surface area contributed by atoms with Crippen molar-refractivity contribution in [1.29, 1.82) is 10.8 Å². The van der Waals surface area contributed by atoms with Gasteiger partial charge in [0.05, 0.1) is 33.4 Å². The highest BCUT2D eigenvalue weighted by Crippen LogP contribution is 2.44. The Balaban J connectivity index is 1.21. The van der Waals surface area contributed by atoms with E-state index in [2.05, 4.69) is 15.3 Å². The van der Waals surface area contributed by atoms with Crippen LogP contribution in [0.3, 0.4) is 0 Å². The summed E-state index contributed by atoms with van der Waals surface area (Å²) in [7, 11) is 0. The molecule has 10 nitrogen and oxygen atoms in total. The van der Waals surface area contributed by atoms with Crippen LogP contribution in [0.1, 0.15) is 11.1 Å². The monoisotopic (exact) mass is 499 g/mol. The van der Waals surface area contributed by atoms with Crippen molar-refractivity contribution in [3.8, 4) is 34.3 Å². The van der Waals surface area contributed by atoms with E-state index in [1.54, 1.807) is 24.3 Å². The first-order valence-corrected chi connectivity index (χ1v) is 11.8. The number of nitrogens with zero attached hydrogens (tertiary/aromatic N) is 2. The number of aromatic nitrogens is 4. The molecule has 0 bridgehead atoms. The number of imidazole rings is 2. The van der Waals surface area contributed by atoms with Crippen LogP contribution in [0.15, 0.2) is 72.8 Å². The number of ether oxygens (including phenoxy) is 1. The lowest BCUT2D eigenvalue weighted by molar-refractivity contribution is 0.481. The summed E-state index contributed by atoms with van der Waals surface area (Å²) in [5.74, 6) is 2.75. The van der Waals surface area contributed by atoms with Crippen LogP contribution in [0.4, 0.5) is 11.4 Å². The topological polar surface area (TPSA) is 178 Å². The third-order valence-corrected chi connectivity index (χ3v) is 6.59. The molecule has 0 saturated heterocycles. The molecule has 1 aliphatic heterocycles. The average Bonchev–Trinajstić information content (AvgIpc) is 3.54. The number of hydrogen-bond acceptors (Lipinski definition) is 6. The standard InChI is InChI=1S/C28H21N9O/c29-25(30)13-1-5-17-21(9-13)36-27(34-17)15-3-7-19-23(11-15)38-24-12-16(4-8-20(24)33-19)28-35-18-6-2-14(26(31)32)10-22(18)37-28/h1-12,33H,(H3,29,30)(H3,31,32)(H,34,36)(H,35,37). The van der Waals surface area contributed by atoms with Crippen molar-refractivity contribution < 1.29 is 4.74 Å². The van der Waals surface area contributed by atoms with Gasteiger partial charge in [-0.05, 0) is 72.8 Å². The minimum absolute atomic E-state index is 0.00574. The van der Waals surface area contributed by atoms with Crippen LogP contribution in [0, 0.1) is 10.8 Å². The van der Waals surface area contributed by atoms with E-state index in [-0.39, 0.29) is 11.7 Å². The minimum Gasteiger partial charge on any atom is -0.453 e.